The van der Waals surface area contributed by atoms with Gasteiger partial charge in [0.05, 0.1) is 6.42 Å². The average Bonchev–Trinajstić information content (AvgIpc) is 2.51. The lowest BCUT2D eigenvalue weighted by molar-refractivity contribution is -0.148. The summed E-state index contributed by atoms with van der Waals surface area (Å²) in [5.74, 6) is -1.41. The Balaban J connectivity index is 2.67. The van der Waals surface area contributed by atoms with Crippen molar-refractivity contribution in [3.8, 4) is 0 Å². The molecule has 94 valence electrons. The van der Waals surface area contributed by atoms with Crippen LogP contribution in [-0.2, 0) is 19.1 Å². The van der Waals surface area contributed by atoms with Crippen molar-refractivity contribution in [2.24, 2.45) is 0 Å². The fourth-order valence-electron chi connectivity index (χ4n) is 1.51. The van der Waals surface area contributed by atoms with Crippen LogP contribution in [0.5, 0.6) is 0 Å². The monoisotopic (exact) mass is 243 g/mol. The van der Waals surface area contributed by atoms with Gasteiger partial charge in [-0.2, -0.15) is 0 Å². The van der Waals surface area contributed by atoms with Crippen LogP contribution in [0.15, 0.2) is 12.7 Å². The summed E-state index contributed by atoms with van der Waals surface area (Å²) in [5, 5.41) is 8.89. The Bertz CT molecular complexity index is 353. The molecule has 1 N–H and O–H groups in total. The molecule has 1 fully saturated rings. The SMILES string of the molecule is C=CCOC(=O)C[C@H]1C(=O)OC(C)N1C(=O)O. The van der Waals surface area contributed by atoms with E-state index in [4.69, 9.17) is 9.84 Å². The van der Waals surface area contributed by atoms with Gasteiger partial charge in [0.1, 0.15) is 12.6 Å². The maximum Gasteiger partial charge on any atom is 0.410 e. The minimum atomic E-state index is -1.31. The standard InChI is InChI=1S/C10H13NO6/c1-3-4-16-8(12)5-7-9(13)17-6(2)11(7)10(14)15/h3,6-7H,1,4-5H2,2H3,(H,14,15)/t6?,7-/m0/s1. The number of esters is 2. The van der Waals surface area contributed by atoms with Gasteiger partial charge in [-0.1, -0.05) is 12.7 Å². The number of rotatable bonds is 4. The van der Waals surface area contributed by atoms with Crippen LogP contribution >= 0.6 is 0 Å². The van der Waals surface area contributed by atoms with E-state index in [1.165, 1.54) is 13.0 Å². The molecule has 0 spiro atoms. The van der Waals surface area contributed by atoms with Crippen LogP contribution in [0, 0.1) is 0 Å². The first kappa shape index (κ1) is 13.0. The molecule has 1 heterocycles. The zero-order valence-electron chi connectivity index (χ0n) is 9.29. The van der Waals surface area contributed by atoms with E-state index in [-0.39, 0.29) is 13.0 Å². The molecule has 0 aromatic carbocycles. The number of cyclic esters (lactones) is 1. The Morgan fingerprint density at radius 3 is 2.82 bits per heavy atom. The highest BCUT2D eigenvalue weighted by Gasteiger charge is 2.44. The maximum absolute atomic E-state index is 11.4. The predicted octanol–water partition coefficient (Wildman–Crippen LogP) is 0.357. The van der Waals surface area contributed by atoms with E-state index in [2.05, 4.69) is 11.3 Å². The van der Waals surface area contributed by atoms with Crippen molar-refractivity contribution in [1.29, 1.82) is 0 Å². The van der Waals surface area contributed by atoms with Crippen molar-refractivity contribution in [1.82, 2.24) is 4.90 Å². The van der Waals surface area contributed by atoms with Crippen molar-refractivity contribution >= 4 is 18.0 Å². The van der Waals surface area contributed by atoms with Gasteiger partial charge in [-0.15, -0.1) is 0 Å². The molecule has 1 rings (SSSR count). The molecule has 0 aromatic heterocycles. The number of carboxylic acid groups (broad SMARTS) is 1. The van der Waals surface area contributed by atoms with E-state index in [9.17, 15) is 14.4 Å². The summed E-state index contributed by atoms with van der Waals surface area (Å²) in [5.41, 5.74) is 0. The molecule has 2 atom stereocenters. The van der Waals surface area contributed by atoms with Crippen molar-refractivity contribution in [2.75, 3.05) is 6.61 Å². The Morgan fingerprint density at radius 1 is 1.65 bits per heavy atom. The largest absolute Gasteiger partial charge is 0.465 e. The normalized spacial score (nSPS) is 23.1. The third kappa shape index (κ3) is 2.96. The average molecular weight is 243 g/mol. The lowest BCUT2D eigenvalue weighted by Crippen LogP contribution is -2.42. The van der Waals surface area contributed by atoms with Crippen LogP contribution < -0.4 is 0 Å². The molecule has 0 saturated carbocycles. The van der Waals surface area contributed by atoms with E-state index in [0.717, 1.165) is 4.90 Å². The van der Waals surface area contributed by atoms with Crippen LogP contribution in [0.4, 0.5) is 4.79 Å². The lowest BCUT2D eigenvalue weighted by atomic mass is 10.2. The minimum absolute atomic E-state index is 0.0171. The number of hydrogen-bond donors (Lipinski definition) is 1. The maximum atomic E-state index is 11.4. The molecule has 1 aliphatic rings. The molecule has 0 bridgehead atoms. The highest BCUT2D eigenvalue weighted by Crippen LogP contribution is 2.21. The van der Waals surface area contributed by atoms with Gasteiger partial charge >= 0.3 is 18.0 Å². The Hall–Kier alpha value is -2.05. The molecule has 0 aromatic rings. The predicted molar refractivity (Wildman–Crippen MR) is 55.0 cm³/mol. The zero-order chi connectivity index (χ0) is 13.0. The second kappa shape index (κ2) is 5.33. The van der Waals surface area contributed by atoms with Crippen LogP contribution in [-0.4, -0.2) is 46.9 Å². The van der Waals surface area contributed by atoms with Gasteiger partial charge in [-0.3, -0.25) is 9.69 Å². The van der Waals surface area contributed by atoms with E-state index >= 15 is 0 Å². The zero-order valence-corrected chi connectivity index (χ0v) is 9.29. The number of hydrogen-bond acceptors (Lipinski definition) is 5. The highest BCUT2D eigenvalue weighted by molar-refractivity contribution is 5.88. The molecule has 17 heavy (non-hydrogen) atoms. The fourth-order valence-corrected chi connectivity index (χ4v) is 1.51. The first-order valence-electron chi connectivity index (χ1n) is 4.95. The molecule has 1 saturated heterocycles. The molecule has 1 unspecified atom stereocenters. The third-order valence-corrected chi connectivity index (χ3v) is 2.23. The van der Waals surface area contributed by atoms with Crippen molar-refractivity contribution < 1.29 is 29.0 Å². The highest BCUT2D eigenvalue weighted by atomic mass is 16.6. The minimum Gasteiger partial charge on any atom is -0.465 e. The van der Waals surface area contributed by atoms with E-state index in [1.807, 2.05) is 0 Å². The second-order valence-electron chi connectivity index (χ2n) is 3.42. The molecule has 1 aliphatic heterocycles. The fraction of sp³-hybridized carbons (Fsp3) is 0.500. The van der Waals surface area contributed by atoms with Crippen LogP contribution in [0.25, 0.3) is 0 Å². The van der Waals surface area contributed by atoms with Crippen LogP contribution in [0.1, 0.15) is 13.3 Å². The summed E-state index contributed by atoms with van der Waals surface area (Å²) in [6, 6.07) is -1.14. The summed E-state index contributed by atoms with van der Waals surface area (Å²) < 4.78 is 9.41. The summed E-state index contributed by atoms with van der Waals surface area (Å²) in [6.45, 7) is 4.80. The smallest absolute Gasteiger partial charge is 0.410 e. The first-order chi connectivity index (χ1) is 7.97. The van der Waals surface area contributed by atoms with E-state index in [0.29, 0.717) is 0 Å². The first-order valence-corrected chi connectivity index (χ1v) is 4.95. The second-order valence-corrected chi connectivity index (χ2v) is 3.42. The Labute approximate surface area is 97.6 Å². The number of carbonyl (C=O) groups excluding carboxylic acids is 2. The van der Waals surface area contributed by atoms with Gasteiger partial charge in [0.25, 0.3) is 0 Å². The molecule has 0 aliphatic carbocycles. The van der Waals surface area contributed by atoms with Crippen LogP contribution in [0.2, 0.25) is 0 Å². The quantitative estimate of drug-likeness (QED) is 0.566. The number of carbonyl (C=O) groups is 3. The van der Waals surface area contributed by atoms with Gasteiger partial charge in [0, 0.05) is 0 Å². The third-order valence-electron chi connectivity index (χ3n) is 2.23. The number of amides is 1. The topological polar surface area (TPSA) is 93.1 Å². The molecule has 0 radical (unpaired) electrons. The summed E-state index contributed by atoms with van der Waals surface area (Å²) in [4.78, 5) is 34.3. The summed E-state index contributed by atoms with van der Waals surface area (Å²) in [6.07, 6.45) is -1.19. The molecular formula is C10H13NO6. The molecular weight excluding hydrogens is 230 g/mol. The number of ether oxygens (including phenoxy) is 2. The van der Waals surface area contributed by atoms with Crippen molar-refractivity contribution in [2.45, 2.75) is 25.6 Å². The van der Waals surface area contributed by atoms with Crippen molar-refractivity contribution in [3.63, 3.8) is 0 Å². The van der Waals surface area contributed by atoms with Gasteiger partial charge in [-0.25, -0.2) is 9.59 Å². The molecule has 7 nitrogen and oxygen atoms in total. The Kier molecular flexibility index (Phi) is 4.08. The van der Waals surface area contributed by atoms with E-state index in [1.54, 1.807) is 0 Å². The van der Waals surface area contributed by atoms with Crippen LogP contribution in [0.3, 0.4) is 0 Å². The summed E-state index contributed by atoms with van der Waals surface area (Å²) >= 11 is 0. The van der Waals surface area contributed by atoms with Gasteiger partial charge in [-0.05, 0) is 6.92 Å². The van der Waals surface area contributed by atoms with Gasteiger partial charge in [0.15, 0.2) is 6.23 Å². The molecule has 7 heteroatoms. The molecule has 1 amide bonds. The summed E-state index contributed by atoms with van der Waals surface area (Å²) in [7, 11) is 0. The Morgan fingerprint density at radius 2 is 2.29 bits per heavy atom. The lowest BCUT2D eigenvalue weighted by Gasteiger charge is -2.19. The van der Waals surface area contributed by atoms with Gasteiger partial charge in [0.2, 0.25) is 0 Å². The van der Waals surface area contributed by atoms with Crippen molar-refractivity contribution in [3.05, 3.63) is 12.7 Å². The number of nitrogens with zero attached hydrogens (tertiary/aromatic N) is 1. The van der Waals surface area contributed by atoms with Gasteiger partial charge < -0.3 is 14.6 Å². The van der Waals surface area contributed by atoms with E-state index < -0.39 is 30.3 Å².